The molecule has 19 heavy (non-hydrogen) atoms. The number of nitrogens with zero attached hydrogens (tertiary/aromatic N) is 2. The zero-order chi connectivity index (χ0) is 13.8. The molecule has 100 valence electrons. The lowest BCUT2D eigenvalue weighted by Gasteiger charge is -2.08. The molecule has 0 radical (unpaired) electrons. The fourth-order valence-electron chi connectivity index (χ4n) is 1.72. The van der Waals surface area contributed by atoms with Crippen LogP contribution in [0.1, 0.15) is 18.9 Å². The van der Waals surface area contributed by atoms with Gasteiger partial charge in [-0.25, -0.2) is 9.97 Å². The first kappa shape index (κ1) is 13.3. The Hall–Kier alpha value is -2.14. The van der Waals surface area contributed by atoms with E-state index < -0.39 is 0 Å². The Balaban J connectivity index is 2.20. The molecule has 0 fully saturated rings. The molecule has 5 nitrogen and oxygen atoms in total. The summed E-state index contributed by atoms with van der Waals surface area (Å²) >= 11 is 0. The molecule has 1 atom stereocenters. The molecule has 0 aliphatic heterocycles. The molecule has 0 aliphatic carbocycles. The van der Waals surface area contributed by atoms with E-state index in [0.29, 0.717) is 11.4 Å². The maximum atomic E-state index is 9.44. The lowest BCUT2D eigenvalue weighted by Crippen LogP contribution is -2.21. The van der Waals surface area contributed by atoms with Crippen LogP contribution in [0.3, 0.4) is 0 Å². The number of phenolic OH excluding ortho intramolecular Hbond substituents is 2. The highest BCUT2D eigenvalue weighted by molar-refractivity contribution is 5.60. The summed E-state index contributed by atoms with van der Waals surface area (Å²) in [5.41, 5.74) is 7.52. The number of rotatable bonds is 4. The van der Waals surface area contributed by atoms with Crippen LogP contribution >= 0.6 is 0 Å². The van der Waals surface area contributed by atoms with Crippen molar-refractivity contribution >= 4 is 0 Å². The number of aromatic hydroxyl groups is 2. The van der Waals surface area contributed by atoms with Gasteiger partial charge in [-0.15, -0.1) is 0 Å². The normalized spacial score (nSPS) is 12.3. The van der Waals surface area contributed by atoms with Crippen LogP contribution in [0.15, 0.2) is 30.6 Å². The molecule has 0 saturated carbocycles. The summed E-state index contributed by atoms with van der Waals surface area (Å²) < 4.78 is 0. The maximum Gasteiger partial charge on any atom is 0.159 e. The van der Waals surface area contributed by atoms with E-state index in [1.54, 1.807) is 18.5 Å². The fraction of sp³-hybridized carbons (Fsp3) is 0.286. The summed E-state index contributed by atoms with van der Waals surface area (Å²) in [6, 6.07) is 4.62. The molecule has 0 amide bonds. The number of aromatic nitrogens is 2. The second-order valence-corrected chi connectivity index (χ2v) is 4.49. The Morgan fingerprint density at radius 1 is 1.16 bits per heavy atom. The molecule has 2 rings (SSSR count). The van der Waals surface area contributed by atoms with Gasteiger partial charge in [0.05, 0.1) is 0 Å². The Labute approximate surface area is 111 Å². The summed E-state index contributed by atoms with van der Waals surface area (Å²) in [6.45, 7) is 2.04. The van der Waals surface area contributed by atoms with Gasteiger partial charge in [0.2, 0.25) is 0 Å². The van der Waals surface area contributed by atoms with E-state index in [9.17, 15) is 10.2 Å². The average molecular weight is 259 g/mol. The Morgan fingerprint density at radius 3 is 2.42 bits per heavy atom. The van der Waals surface area contributed by atoms with Crippen molar-refractivity contribution in [3.8, 4) is 22.9 Å². The first-order chi connectivity index (χ1) is 9.10. The van der Waals surface area contributed by atoms with E-state index in [1.807, 2.05) is 6.92 Å². The van der Waals surface area contributed by atoms with Crippen LogP contribution in [0.4, 0.5) is 0 Å². The van der Waals surface area contributed by atoms with Gasteiger partial charge in [-0.3, -0.25) is 0 Å². The second-order valence-electron chi connectivity index (χ2n) is 4.49. The average Bonchev–Trinajstić information content (AvgIpc) is 2.42. The largest absolute Gasteiger partial charge is 0.504 e. The van der Waals surface area contributed by atoms with E-state index >= 15 is 0 Å². The number of nitrogens with two attached hydrogens (primary N) is 1. The zero-order valence-electron chi connectivity index (χ0n) is 10.7. The van der Waals surface area contributed by atoms with Crippen LogP contribution < -0.4 is 5.73 Å². The molecule has 4 N–H and O–H groups in total. The van der Waals surface area contributed by atoms with Gasteiger partial charge < -0.3 is 15.9 Å². The lowest BCUT2D eigenvalue weighted by molar-refractivity contribution is 0.404. The summed E-state index contributed by atoms with van der Waals surface area (Å²) in [7, 11) is 0. The topological polar surface area (TPSA) is 92.3 Å². The van der Waals surface area contributed by atoms with Gasteiger partial charge in [-0.05, 0) is 36.6 Å². The quantitative estimate of drug-likeness (QED) is 0.728. The minimum Gasteiger partial charge on any atom is -0.504 e. The van der Waals surface area contributed by atoms with Crippen molar-refractivity contribution in [2.24, 2.45) is 5.73 Å². The minimum absolute atomic E-state index is 0.118. The minimum atomic E-state index is -0.182. The van der Waals surface area contributed by atoms with Crippen molar-refractivity contribution in [2.45, 2.75) is 25.8 Å². The van der Waals surface area contributed by atoms with Crippen molar-refractivity contribution in [3.63, 3.8) is 0 Å². The number of hydrogen-bond donors (Lipinski definition) is 3. The molecular weight excluding hydrogens is 242 g/mol. The van der Waals surface area contributed by atoms with Gasteiger partial charge in [0.1, 0.15) is 0 Å². The SMILES string of the molecule is CCC(N)Cc1cnc(-c2ccc(O)c(O)c2)nc1. The summed E-state index contributed by atoms with van der Waals surface area (Å²) in [6.07, 6.45) is 5.13. The summed E-state index contributed by atoms with van der Waals surface area (Å²) in [5.74, 6) is 0.164. The van der Waals surface area contributed by atoms with Gasteiger partial charge in [0, 0.05) is 24.0 Å². The van der Waals surface area contributed by atoms with Crippen LogP contribution in [0.25, 0.3) is 11.4 Å². The third-order valence-corrected chi connectivity index (χ3v) is 2.96. The third-order valence-electron chi connectivity index (χ3n) is 2.96. The standard InChI is InChI=1S/C14H17N3O2/c1-2-11(15)5-9-7-16-14(17-8-9)10-3-4-12(18)13(19)6-10/h3-4,6-8,11,18-19H,2,5,15H2,1H3. The van der Waals surface area contributed by atoms with Gasteiger partial charge in [0.15, 0.2) is 17.3 Å². The highest BCUT2D eigenvalue weighted by Gasteiger charge is 2.07. The lowest BCUT2D eigenvalue weighted by atomic mass is 10.1. The third kappa shape index (κ3) is 3.20. The smallest absolute Gasteiger partial charge is 0.159 e. The molecule has 1 aromatic heterocycles. The molecular formula is C14H17N3O2. The van der Waals surface area contributed by atoms with Crippen molar-refractivity contribution in [2.75, 3.05) is 0 Å². The highest BCUT2D eigenvalue weighted by atomic mass is 16.3. The second kappa shape index (κ2) is 5.67. The van der Waals surface area contributed by atoms with Crippen LogP contribution in [0, 0.1) is 0 Å². The first-order valence-corrected chi connectivity index (χ1v) is 6.19. The van der Waals surface area contributed by atoms with Crippen LogP contribution in [0.2, 0.25) is 0 Å². The molecule has 5 heteroatoms. The molecule has 1 heterocycles. The van der Waals surface area contributed by atoms with E-state index in [-0.39, 0.29) is 17.5 Å². The molecule has 0 bridgehead atoms. The van der Waals surface area contributed by atoms with Crippen molar-refractivity contribution in [3.05, 3.63) is 36.2 Å². The number of benzene rings is 1. The van der Waals surface area contributed by atoms with Crippen LogP contribution in [-0.4, -0.2) is 26.2 Å². The first-order valence-electron chi connectivity index (χ1n) is 6.19. The molecule has 0 aliphatic rings. The monoisotopic (exact) mass is 259 g/mol. The Morgan fingerprint density at radius 2 is 1.84 bits per heavy atom. The van der Waals surface area contributed by atoms with Gasteiger partial charge in [-0.1, -0.05) is 6.92 Å². The van der Waals surface area contributed by atoms with Crippen molar-refractivity contribution < 1.29 is 10.2 Å². The van der Waals surface area contributed by atoms with Gasteiger partial charge >= 0.3 is 0 Å². The van der Waals surface area contributed by atoms with E-state index in [1.165, 1.54) is 12.1 Å². The van der Waals surface area contributed by atoms with Crippen molar-refractivity contribution in [1.29, 1.82) is 0 Å². The maximum absolute atomic E-state index is 9.44. The predicted molar refractivity (Wildman–Crippen MR) is 72.8 cm³/mol. The van der Waals surface area contributed by atoms with Crippen molar-refractivity contribution in [1.82, 2.24) is 9.97 Å². The Kier molecular flexibility index (Phi) is 3.97. The highest BCUT2D eigenvalue weighted by Crippen LogP contribution is 2.28. The molecule has 1 aromatic carbocycles. The number of phenols is 2. The van der Waals surface area contributed by atoms with Gasteiger partial charge in [0.25, 0.3) is 0 Å². The van der Waals surface area contributed by atoms with Gasteiger partial charge in [-0.2, -0.15) is 0 Å². The molecule has 0 spiro atoms. The number of hydrogen-bond acceptors (Lipinski definition) is 5. The van der Waals surface area contributed by atoms with E-state index in [0.717, 1.165) is 18.4 Å². The Bertz CT molecular complexity index is 555. The van der Waals surface area contributed by atoms with E-state index in [2.05, 4.69) is 9.97 Å². The summed E-state index contributed by atoms with van der Waals surface area (Å²) in [5, 5.41) is 18.7. The van der Waals surface area contributed by atoms with E-state index in [4.69, 9.17) is 5.73 Å². The fourth-order valence-corrected chi connectivity index (χ4v) is 1.72. The van der Waals surface area contributed by atoms with Crippen LogP contribution in [-0.2, 0) is 6.42 Å². The zero-order valence-corrected chi connectivity index (χ0v) is 10.7. The summed E-state index contributed by atoms with van der Waals surface area (Å²) in [4.78, 5) is 8.50. The molecule has 2 aromatic rings. The predicted octanol–water partition coefficient (Wildman–Crippen LogP) is 1.83. The van der Waals surface area contributed by atoms with Crippen LogP contribution in [0.5, 0.6) is 11.5 Å². The molecule has 1 unspecified atom stereocenters. The molecule has 0 saturated heterocycles.